The predicted molar refractivity (Wildman–Crippen MR) is 109 cm³/mol. The number of primary amides is 1. The fourth-order valence-corrected chi connectivity index (χ4v) is 4.19. The van der Waals surface area contributed by atoms with E-state index in [1.54, 1.807) is 11.3 Å². The van der Waals surface area contributed by atoms with Gasteiger partial charge in [-0.15, -0.1) is 11.3 Å². The molecule has 1 fully saturated rings. The third-order valence-electron chi connectivity index (χ3n) is 4.96. The highest BCUT2D eigenvalue weighted by Gasteiger charge is 2.23. The predicted octanol–water partition coefficient (Wildman–Crippen LogP) is 3.78. The Hall–Kier alpha value is -2.64. The number of amides is 1. The minimum absolute atomic E-state index is 0.157. The first-order chi connectivity index (χ1) is 13.6. The van der Waals surface area contributed by atoms with Crippen molar-refractivity contribution in [1.82, 2.24) is 9.55 Å². The number of aromatic nitrogens is 2. The van der Waals surface area contributed by atoms with Gasteiger partial charge in [-0.05, 0) is 38.0 Å². The summed E-state index contributed by atoms with van der Waals surface area (Å²) in [6.45, 7) is 3.82. The molecule has 0 bridgehead atoms. The fraction of sp³-hybridized carbons (Fsp3) is 0.333. The second-order valence-electron chi connectivity index (χ2n) is 6.87. The maximum atomic E-state index is 11.9. The summed E-state index contributed by atoms with van der Waals surface area (Å²) >= 11 is 1.54. The van der Waals surface area contributed by atoms with Gasteiger partial charge in [0.25, 0.3) is 5.91 Å². The van der Waals surface area contributed by atoms with Crippen molar-refractivity contribution in [3.63, 3.8) is 0 Å². The maximum absolute atomic E-state index is 11.9. The smallest absolute Gasteiger partial charge is 0.250 e. The van der Waals surface area contributed by atoms with Crippen LogP contribution in [0.25, 0.3) is 11.4 Å². The molecule has 2 aromatic heterocycles. The van der Waals surface area contributed by atoms with Crippen LogP contribution in [-0.2, 0) is 17.9 Å². The van der Waals surface area contributed by atoms with Gasteiger partial charge in [0.2, 0.25) is 0 Å². The van der Waals surface area contributed by atoms with Crippen molar-refractivity contribution in [2.24, 2.45) is 5.73 Å². The SMILES string of the molecule is Cc1c(C(N)=O)cc(-c2csc(COc3ccccc3)n2)n1CC1CCCO1. The van der Waals surface area contributed by atoms with Crippen molar-refractivity contribution in [3.8, 4) is 17.1 Å². The summed E-state index contributed by atoms with van der Waals surface area (Å²) in [5, 5.41) is 2.87. The molecule has 0 radical (unpaired) electrons. The molecule has 1 aromatic carbocycles. The molecule has 0 spiro atoms. The summed E-state index contributed by atoms with van der Waals surface area (Å²) in [6.07, 6.45) is 2.25. The van der Waals surface area contributed by atoms with Gasteiger partial charge in [-0.3, -0.25) is 4.79 Å². The lowest BCUT2D eigenvalue weighted by Gasteiger charge is -2.15. The Kier molecular flexibility index (Phi) is 5.45. The second kappa shape index (κ2) is 8.16. The van der Waals surface area contributed by atoms with E-state index >= 15 is 0 Å². The van der Waals surface area contributed by atoms with E-state index in [-0.39, 0.29) is 6.10 Å². The van der Waals surface area contributed by atoms with Crippen molar-refractivity contribution >= 4 is 17.2 Å². The zero-order chi connectivity index (χ0) is 19.5. The first-order valence-corrected chi connectivity index (χ1v) is 10.2. The minimum Gasteiger partial charge on any atom is -0.486 e. The number of rotatable bonds is 7. The largest absolute Gasteiger partial charge is 0.486 e. The van der Waals surface area contributed by atoms with Crippen LogP contribution < -0.4 is 10.5 Å². The van der Waals surface area contributed by atoms with Gasteiger partial charge in [0.1, 0.15) is 17.4 Å². The number of carbonyl (C=O) groups is 1. The Morgan fingerprint density at radius 2 is 2.21 bits per heavy atom. The molecule has 0 aliphatic carbocycles. The van der Waals surface area contributed by atoms with Crippen molar-refractivity contribution in [3.05, 3.63) is 58.0 Å². The molecule has 1 saturated heterocycles. The summed E-state index contributed by atoms with van der Waals surface area (Å²) in [4.78, 5) is 16.6. The zero-order valence-electron chi connectivity index (χ0n) is 15.8. The van der Waals surface area contributed by atoms with Crippen LogP contribution in [0.2, 0.25) is 0 Å². The van der Waals surface area contributed by atoms with E-state index in [4.69, 9.17) is 20.2 Å². The number of thiazole rings is 1. The number of nitrogens with zero attached hydrogens (tertiary/aromatic N) is 2. The lowest BCUT2D eigenvalue weighted by atomic mass is 10.2. The highest BCUT2D eigenvalue weighted by Crippen LogP contribution is 2.29. The molecule has 1 unspecified atom stereocenters. The first-order valence-electron chi connectivity index (χ1n) is 9.36. The number of hydrogen-bond donors (Lipinski definition) is 1. The van der Waals surface area contributed by atoms with Crippen LogP contribution in [0.1, 0.15) is 33.9 Å². The van der Waals surface area contributed by atoms with Gasteiger partial charge in [0.15, 0.2) is 0 Å². The Morgan fingerprint density at radius 1 is 1.39 bits per heavy atom. The van der Waals surface area contributed by atoms with Crippen LogP contribution in [0.4, 0.5) is 0 Å². The van der Waals surface area contributed by atoms with E-state index in [2.05, 4.69) is 4.57 Å². The van der Waals surface area contributed by atoms with Gasteiger partial charge in [0.05, 0.1) is 23.1 Å². The van der Waals surface area contributed by atoms with Gasteiger partial charge in [-0.1, -0.05) is 18.2 Å². The molecule has 28 heavy (non-hydrogen) atoms. The topological polar surface area (TPSA) is 79.4 Å². The van der Waals surface area contributed by atoms with Gasteiger partial charge in [-0.2, -0.15) is 0 Å². The van der Waals surface area contributed by atoms with E-state index < -0.39 is 5.91 Å². The normalized spacial score (nSPS) is 16.4. The molecule has 6 nitrogen and oxygen atoms in total. The lowest BCUT2D eigenvalue weighted by molar-refractivity contribution is 0.0961. The molecular weight excluding hydrogens is 374 g/mol. The van der Waals surface area contributed by atoms with Gasteiger partial charge >= 0.3 is 0 Å². The molecule has 4 rings (SSSR count). The second-order valence-corrected chi connectivity index (χ2v) is 7.81. The molecular formula is C21H23N3O3S. The Balaban J connectivity index is 1.58. The van der Waals surface area contributed by atoms with E-state index in [1.807, 2.05) is 48.7 Å². The summed E-state index contributed by atoms with van der Waals surface area (Å²) in [6, 6.07) is 11.5. The third kappa shape index (κ3) is 3.95. The number of benzene rings is 1. The molecule has 0 saturated carbocycles. The summed E-state index contributed by atoms with van der Waals surface area (Å²) in [5.41, 5.74) is 8.68. The lowest BCUT2D eigenvalue weighted by Crippen LogP contribution is -2.18. The van der Waals surface area contributed by atoms with E-state index in [0.717, 1.165) is 47.3 Å². The van der Waals surface area contributed by atoms with Crippen molar-refractivity contribution in [1.29, 1.82) is 0 Å². The van der Waals surface area contributed by atoms with Crippen molar-refractivity contribution < 1.29 is 14.3 Å². The Labute approximate surface area is 167 Å². The number of para-hydroxylation sites is 1. The average Bonchev–Trinajstić information content (AvgIpc) is 3.43. The molecule has 1 amide bonds. The molecule has 146 valence electrons. The number of nitrogens with two attached hydrogens (primary N) is 1. The number of hydrogen-bond acceptors (Lipinski definition) is 5. The van der Waals surface area contributed by atoms with E-state index in [1.165, 1.54) is 0 Å². The molecule has 1 atom stereocenters. The quantitative estimate of drug-likeness (QED) is 0.658. The van der Waals surface area contributed by atoms with Crippen molar-refractivity contribution in [2.75, 3.05) is 6.61 Å². The Bertz CT molecular complexity index is 959. The van der Waals surface area contributed by atoms with Gasteiger partial charge < -0.3 is 19.8 Å². The highest BCUT2D eigenvalue weighted by molar-refractivity contribution is 7.09. The zero-order valence-corrected chi connectivity index (χ0v) is 16.6. The summed E-state index contributed by atoms with van der Waals surface area (Å²) < 4.78 is 13.7. The first kappa shape index (κ1) is 18.7. The summed E-state index contributed by atoms with van der Waals surface area (Å²) in [5.74, 6) is 0.389. The Morgan fingerprint density at radius 3 is 2.93 bits per heavy atom. The molecule has 7 heteroatoms. The highest BCUT2D eigenvalue weighted by atomic mass is 32.1. The van der Waals surface area contributed by atoms with Crippen LogP contribution >= 0.6 is 11.3 Å². The molecule has 3 heterocycles. The van der Waals surface area contributed by atoms with Crippen LogP contribution in [0.15, 0.2) is 41.8 Å². The summed E-state index contributed by atoms with van der Waals surface area (Å²) in [7, 11) is 0. The molecule has 2 N–H and O–H groups in total. The van der Waals surface area contributed by atoms with Crippen molar-refractivity contribution in [2.45, 2.75) is 39.0 Å². The van der Waals surface area contributed by atoms with Crippen LogP contribution in [0.3, 0.4) is 0 Å². The molecule has 1 aliphatic heterocycles. The standard InChI is InChI=1S/C21H23N3O3S/c1-14-17(21(22)25)10-19(24(14)11-16-8-5-9-26-16)18-13-28-20(23-18)12-27-15-6-3-2-4-7-15/h2-4,6-7,10,13,16H,5,8-9,11-12H2,1H3,(H2,22,25). The van der Waals surface area contributed by atoms with Crippen LogP contribution in [0.5, 0.6) is 5.75 Å². The van der Waals surface area contributed by atoms with E-state index in [9.17, 15) is 4.79 Å². The molecule has 3 aromatic rings. The number of carbonyl (C=O) groups excluding carboxylic acids is 1. The van der Waals surface area contributed by atoms with Crippen LogP contribution in [0, 0.1) is 6.92 Å². The number of ether oxygens (including phenoxy) is 2. The third-order valence-corrected chi connectivity index (χ3v) is 5.78. The minimum atomic E-state index is -0.423. The fourth-order valence-electron chi connectivity index (χ4n) is 3.49. The van der Waals surface area contributed by atoms with Gasteiger partial charge in [-0.25, -0.2) is 4.98 Å². The van der Waals surface area contributed by atoms with Crippen LogP contribution in [-0.4, -0.2) is 28.2 Å². The maximum Gasteiger partial charge on any atom is 0.250 e. The molecule has 1 aliphatic rings. The monoisotopic (exact) mass is 397 g/mol. The van der Waals surface area contributed by atoms with E-state index in [0.29, 0.717) is 18.7 Å². The average molecular weight is 398 g/mol. The van der Waals surface area contributed by atoms with Gasteiger partial charge in [0, 0.05) is 24.2 Å².